The molecule has 0 saturated carbocycles. The number of halogens is 1. The van der Waals surface area contributed by atoms with Crippen LogP contribution in [-0.4, -0.2) is 9.78 Å². The van der Waals surface area contributed by atoms with Crippen molar-refractivity contribution in [3.05, 3.63) is 63.9 Å². The molecule has 2 aromatic carbocycles. The minimum Gasteiger partial charge on any atom is -0.267 e. The van der Waals surface area contributed by atoms with Gasteiger partial charge in [-0.2, -0.15) is 0 Å². The Hall–Kier alpha value is -2.00. The second-order valence-corrected chi connectivity index (χ2v) is 4.21. The summed E-state index contributed by atoms with van der Waals surface area (Å²) in [6.07, 6.45) is 0. The van der Waals surface area contributed by atoms with E-state index in [9.17, 15) is 4.79 Å². The van der Waals surface area contributed by atoms with Gasteiger partial charge in [-0.15, -0.1) is 0 Å². The molecule has 0 fully saturated rings. The van der Waals surface area contributed by atoms with E-state index < -0.39 is 0 Å². The van der Waals surface area contributed by atoms with Crippen molar-refractivity contribution in [2.45, 2.75) is 0 Å². The number of hydrogen-bond acceptors (Lipinski definition) is 1. The number of rotatable bonds is 1. The Kier molecular flexibility index (Phi) is 2.27. The number of nitrogens with one attached hydrogen (secondary N) is 1. The normalized spacial score (nSPS) is 10.9. The summed E-state index contributed by atoms with van der Waals surface area (Å²) in [5.41, 5.74) is 1.66. The van der Waals surface area contributed by atoms with Crippen molar-refractivity contribution in [1.82, 2.24) is 9.78 Å². The lowest BCUT2D eigenvalue weighted by atomic mass is 10.2. The predicted octanol–water partition coefficient (Wildman–Crippen LogP) is 2.97. The lowest BCUT2D eigenvalue weighted by Gasteiger charge is -2.03. The molecule has 1 N–H and O–H groups in total. The van der Waals surface area contributed by atoms with Crippen LogP contribution in [0.3, 0.4) is 0 Å². The van der Waals surface area contributed by atoms with E-state index in [1.807, 2.05) is 30.3 Å². The molecular formula is C13H9ClN2O. The van der Waals surface area contributed by atoms with E-state index in [-0.39, 0.29) is 5.56 Å². The van der Waals surface area contributed by atoms with Crippen LogP contribution in [0.15, 0.2) is 53.3 Å². The van der Waals surface area contributed by atoms with Crippen molar-refractivity contribution in [3.63, 3.8) is 0 Å². The van der Waals surface area contributed by atoms with Gasteiger partial charge in [0, 0.05) is 5.02 Å². The average Bonchev–Trinajstić information content (AvgIpc) is 2.69. The lowest BCUT2D eigenvalue weighted by molar-refractivity contribution is 0.891. The summed E-state index contributed by atoms with van der Waals surface area (Å²) in [6.45, 7) is 0. The fourth-order valence-corrected chi connectivity index (χ4v) is 2.00. The molecule has 0 aliphatic carbocycles. The van der Waals surface area contributed by atoms with Crippen molar-refractivity contribution in [2.24, 2.45) is 0 Å². The number of benzene rings is 2. The maximum absolute atomic E-state index is 11.7. The fraction of sp³-hybridized carbons (Fsp3) is 0. The van der Waals surface area contributed by atoms with Crippen LogP contribution in [0.5, 0.6) is 0 Å². The maximum Gasteiger partial charge on any atom is 0.272 e. The summed E-state index contributed by atoms with van der Waals surface area (Å²) in [6, 6.07) is 14.8. The van der Waals surface area contributed by atoms with Crippen molar-refractivity contribution >= 4 is 22.5 Å². The minimum atomic E-state index is -0.0875. The Morgan fingerprint density at radius 2 is 1.71 bits per heavy atom. The van der Waals surface area contributed by atoms with Gasteiger partial charge in [0.25, 0.3) is 5.56 Å². The molecule has 1 heterocycles. The fourth-order valence-electron chi connectivity index (χ4n) is 1.88. The average molecular weight is 245 g/mol. The van der Waals surface area contributed by atoms with Gasteiger partial charge in [-0.25, -0.2) is 0 Å². The third-order valence-corrected chi connectivity index (χ3v) is 2.94. The Morgan fingerprint density at radius 1 is 1.00 bits per heavy atom. The summed E-state index contributed by atoms with van der Waals surface area (Å²) in [7, 11) is 0. The molecule has 0 saturated heterocycles. The van der Waals surface area contributed by atoms with Gasteiger partial charge >= 0.3 is 0 Å². The van der Waals surface area contributed by atoms with E-state index in [0.717, 1.165) is 11.2 Å². The molecule has 1 aromatic heterocycles. The molecule has 84 valence electrons. The molecule has 0 spiro atoms. The molecule has 4 heteroatoms. The molecule has 0 aliphatic heterocycles. The van der Waals surface area contributed by atoms with E-state index in [2.05, 4.69) is 5.10 Å². The molecule has 3 aromatic rings. The van der Waals surface area contributed by atoms with Crippen molar-refractivity contribution in [1.29, 1.82) is 0 Å². The molecule has 3 nitrogen and oxygen atoms in total. The first-order valence-electron chi connectivity index (χ1n) is 5.21. The minimum absolute atomic E-state index is 0.0875. The van der Waals surface area contributed by atoms with Gasteiger partial charge in [-0.3, -0.25) is 14.6 Å². The largest absolute Gasteiger partial charge is 0.272 e. The van der Waals surface area contributed by atoms with Crippen LogP contribution in [0.4, 0.5) is 0 Å². The molecule has 0 bridgehead atoms. The highest BCUT2D eigenvalue weighted by Crippen LogP contribution is 2.17. The lowest BCUT2D eigenvalue weighted by Crippen LogP contribution is -2.03. The first kappa shape index (κ1) is 10.2. The second kappa shape index (κ2) is 3.79. The first-order valence-corrected chi connectivity index (χ1v) is 5.59. The molecule has 0 radical (unpaired) electrons. The third kappa shape index (κ3) is 1.65. The van der Waals surface area contributed by atoms with Crippen LogP contribution in [-0.2, 0) is 0 Å². The van der Waals surface area contributed by atoms with Gasteiger partial charge in [0.15, 0.2) is 0 Å². The smallest absolute Gasteiger partial charge is 0.267 e. The topological polar surface area (TPSA) is 37.8 Å². The number of nitrogens with zero attached hydrogens (tertiary/aromatic N) is 1. The Bertz CT molecular complexity index is 725. The van der Waals surface area contributed by atoms with Gasteiger partial charge in [0.2, 0.25) is 0 Å². The SMILES string of the molecule is O=c1[nH]n(-c2ccc(Cl)cc2)c2ccccc12. The molecule has 0 aliphatic rings. The Balaban J connectivity index is 2.31. The van der Waals surface area contributed by atoms with Crippen LogP contribution in [0.2, 0.25) is 5.02 Å². The maximum atomic E-state index is 11.7. The standard InChI is InChI=1S/C13H9ClN2O/c14-9-5-7-10(8-6-9)16-12-4-2-1-3-11(12)13(17)15-16/h1-8H,(H,15,17). The van der Waals surface area contributed by atoms with E-state index in [1.54, 1.807) is 22.9 Å². The monoisotopic (exact) mass is 244 g/mol. The zero-order valence-electron chi connectivity index (χ0n) is 8.85. The zero-order chi connectivity index (χ0) is 11.8. The summed E-state index contributed by atoms with van der Waals surface area (Å²) in [5, 5.41) is 4.16. The summed E-state index contributed by atoms with van der Waals surface area (Å²) in [5.74, 6) is 0. The molecule has 17 heavy (non-hydrogen) atoms. The highest BCUT2D eigenvalue weighted by atomic mass is 35.5. The summed E-state index contributed by atoms with van der Waals surface area (Å²) in [4.78, 5) is 11.7. The quantitative estimate of drug-likeness (QED) is 0.702. The Labute approximate surface area is 102 Å². The number of hydrogen-bond donors (Lipinski definition) is 1. The molecule has 0 amide bonds. The number of aromatic amines is 1. The second-order valence-electron chi connectivity index (χ2n) is 3.77. The molecular weight excluding hydrogens is 236 g/mol. The molecule has 0 atom stereocenters. The van der Waals surface area contributed by atoms with Crippen LogP contribution in [0.25, 0.3) is 16.6 Å². The van der Waals surface area contributed by atoms with E-state index in [4.69, 9.17) is 11.6 Å². The van der Waals surface area contributed by atoms with Gasteiger partial charge in [0.1, 0.15) is 0 Å². The number of aromatic nitrogens is 2. The van der Waals surface area contributed by atoms with Gasteiger partial charge in [-0.05, 0) is 36.4 Å². The molecule has 0 unspecified atom stereocenters. The number of para-hydroxylation sites is 1. The zero-order valence-corrected chi connectivity index (χ0v) is 9.61. The number of fused-ring (bicyclic) bond motifs is 1. The predicted molar refractivity (Wildman–Crippen MR) is 68.9 cm³/mol. The Morgan fingerprint density at radius 3 is 2.47 bits per heavy atom. The van der Waals surface area contributed by atoms with Crippen LogP contribution in [0, 0.1) is 0 Å². The van der Waals surface area contributed by atoms with Gasteiger partial charge in [-0.1, -0.05) is 23.7 Å². The highest BCUT2D eigenvalue weighted by Gasteiger charge is 2.06. The van der Waals surface area contributed by atoms with Gasteiger partial charge in [0.05, 0.1) is 16.6 Å². The van der Waals surface area contributed by atoms with Crippen molar-refractivity contribution in [2.75, 3.05) is 0 Å². The van der Waals surface area contributed by atoms with Crippen LogP contribution < -0.4 is 5.56 Å². The van der Waals surface area contributed by atoms with Crippen molar-refractivity contribution < 1.29 is 0 Å². The molecule has 3 rings (SSSR count). The van der Waals surface area contributed by atoms with Crippen LogP contribution >= 0.6 is 11.6 Å². The number of H-pyrrole nitrogens is 1. The third-order valence-electron chi connectivity index (χ3n) is 2.69. The van der Waals surface area contributed by atoms with Crippen LogP contribution in [0.1, 0.15) is 0 Å². The van der Waals surface area contributed by atoms with E-state index >= 15 is 0 Å². The van der Waals surface area contributed by atoms with E-state index in [1.165, 1.54) is 0 Å². The summed E-state index contributed by atoms with van der Waals surface area (Å²) >= 11 is 5.84. The highest BCUT2D eigenvalue weighted by molar-refractivity contribution is 6.30. The first-order chi connectivity index (χ1) is 8.25. The van der Waals surface area contributed by atoms with Gasteiger partial charge < -0.3 is 0 Å². The van der Waals surface area contributed by atoms with Crippen molar-refractivity contribution in [3.8, 4) is 5.69 Å². The summed E-state index contributed by atoms with van der Waals surface area (Å²) < 4.78 is 1.76. The van der Waals surface area contributed by atoms with E-state index in [0.29, 0.717) is 10.4 Å².